The first-order valence-corrected chi connectivity index (χ1v) is 14.4. The first-order valence-electron chi connectivity index (χ1n) is 14.4. The van der Waals surface area contributed by atoms with Crippen molar-refractivity contribution in [3.05, 3.63) is 53.3 Å². The molecule has 0 spiro atoms. The molecule has 0 aliphatic carbocycles. The molecule has 7 heteroatoms. The molecule has 3 heterocycles. The zero-order valence-corrected chi connectivity index (χ0v) is 24.0. The van der Waals surface area contributed by atoms with Gasteiger partial charge in [-0.3, -0.25) is 9.78 Å². The largest absolute Gasteiger partial charge is 0.483 e. The zero-order chi connectivity index (χ0) is 28.3. The van der Waals surface area contributed by atoms with Crippen LogP contribution < -0.4 is 10.4 Å². The van der Waals surface area contributed by atoms with Gasteiger partial charge in [-0.1, -0.05) is 97.5 Å². The second-order valence-electron chi connectivity index (χ2n) is 10.9. The molecular weight excluding hydrogens is 492 g/mol. The molecule has 0 radical (unpaired) electrons. The Kier molecular flexibility index (Phi) is 14.9. The average molecular weight is 539 g/mol. The van der Waals surface area contributed by atoms with Crippen LogP contribution in [0.5, 0.6) is 5.88 Å². The molecule has 0 aliphatic heterocycles. The van der Waals surface area contributed by atoms with Gasteiger partial charge in [0, 0.05) is 35.6 Å². The van der Waals surface area contributed by atoms with Crippen molar-refractivity contribution in [2.45, 2.75) is 104 Å². The van der Waals surface area contributed by atoms with Crippen LogP contribution in [0.2, 0.25) is 0 Å². The molecule has 0 fully saturated rings. The number of nitrogens with zero attached hydrogens (tertiary/aromatic N) is 2. The van der Waals surface area contributed by atoms with Gasteiger partial charge in [-0.25, -0.2) is 9.78 Å². The van der Waals surface area contributed by atoms with Crippen LogP contribution in [-0.2, 0) is 4.79 Å². The van der Waals surface area contributed by atoms with Crippen molar-refractivity contribution < 1.29 is 19.1 Å². The van der Waals surface area contributed by atoms with Crippen molar-refractivity contribution in [1.82, 2.24) is 9.97 Å². The number of carboxylic acid groups (broad SMARTS) is 1. The summed E-state index contributed by atoms with van der Waals surface area (Å²) in [6.07, 6.45) is 22.1. The maximum Gasteiger partial charge on any atom is 0.344 e. The molecule has 0 atom stereocenters. The van der Waals surface area contributed by atoms with Crippen LogP contribution in [0.15, 0.2) is 52.1 Å². The van der Waals surface area contributed by atoms with E-state index in [0.717, 1.165) is 17.4 Å². The molecule has 7 nitrogen and oxygen atoms in total. The number of fused-ring (bicyclic) bond motifs is 1. The van der Waals surface area contributed by atoms with E-state index in [1.807, 2.05) is 6.07 Å². The van der Waals surface area contributed by atoms with Gasteiger partial charge in [-0.15, -0.1) is 0 Å². The Morgan fingerprint density at radius 1 is 0.949 bits per heavy atom. The summed E-state index contributed by atoms with van der Waals surface area (Å²) in [5.41, 5.74) is 1.85. The molecule has 0 bridgehead atoms. The molecular formula is C32H46N2O5. The lowest BCUT2D eigenvalue weighted by atomic mass is 9.84. The predicted octanol–water partition coefficient (Wildman–Crippen LogP) is 8.45. The van der Waals surface area contributed by atoms with E-state index in [1.54, 1.807) is 36.8 Å². The maximum atomic E-state index is 12.4. The summed E-state index contributed by atoms with van der Waals surface area (Å²) in [6, 6.07) is 7.14. The summed E-state index contributed by atoms with van der Waals surface area (Å²) >= 11 is 0. The van der Waals surface area contributed by atoms with Gasteiger partial charge in [0.25, 0.3) is 6.47 Å². The Morgan fingerprint density at radius 2 is 1.56 bits per heavy atom. The number of aromatic nitrogens is 2. The third-order valence-electron chi connectivity index (χ3n) is 7.27. The van der Waals surface area contributed by atoms with Crippen molar-refractivity contribution in [3.63, 3.8) is 0 Å². The Morgan fingerprint density at radius 3 is 2.15 bits per heavy atom. The van der Waals surface area contributed by atoms with Gasteiger partial charge in [0.1, 0.15) is 5.58 Å². The van der Waals surface area contributed by atoms with Crippen LogP contribution in [0.1, 0.15) is 104 Å². The van der Waals surface area contributed by atoms with Crippen molar-refractivity contribution in [3.8, 4) is 17.0 Å². The highest BCUT2D eigenvalue weighted by molar-refractivity contribution is 5.81. The van der Waals surface area contributed by atoms with Crippen LogP contribution in [0, 0.1) is 5.41 Å². The van der Waals surface area contributed by atoms with E-state index >= 15 is 0 Å². The van der Waals surface area contributed by atoms with E-state index in [9.17, 15) is 4.79 Å². The summed E-state index contributed by atoms with van der Waals surface area (Å²) in [5, 5.41) is 7.65. The topological polar surface area (TPSA) is 103 Å². The van der Waals surface area contributed by atoms with Crippen LogP contribution in [0.4, 0.5) is 0 Å². The van der Waals surface area contributed by atoms with E-state index in [4.69, 9.17) is 19.1 Å². The summed E-state index contributed by atoms with van der Waals surface area (Å²) in [7, 11) is 0. The van der Waals surface area contributed by atoms with E-state index in [-0.39, 0.29) is 12.1 Å². The Hall–Kier alpha value is -3.22. The fraction of sp³-hybridized carbons (Fsp3) is 0.562. The molecule has 0 amide bonds. The second kappa shape index (κ2) is 18.1. The van der Waals surface area contributed by atoms with E-state index < -0.39 is 0 Å². The molecule has 214 valence electrons. The fourth-order valence-corrected chi connectivity index (χ4v) is 4.45. The fourth-order valence-electron chi connectivity index (χ4n) is 4.45. The third-order valence-corrected chi connectivity index (χ3v) is 7.27. The first-order chi connectivity index (χ1) is 18.9. The van der Waals surface area contributed by atoms with Gasteiger partial charge in [-0.05, 0) is 30.4 Å². The normalized spacial score (nSPS) is 11.2. The van der Waals surface area contributed by atoms with Crippen LogP contribution >= 0.6 is 0 Å². The van der Waals surface area contributed by atoms with Gasteiger partial charge in [0.05, 0.1) is 12.2 Å². The minimum absolute atomic E-state index is 0.250. The molecule has 0 aliphatic rings. The van der Waals surface area contributed by atoms with Crippen molar-refractivity contribution in [2.75, 3.05) is 6.61 Å². The lowest BCUT2D eigenvalue weighted by molar-refractivity contribution is -0.122. The van der Waals surface area contributed by atoms with E-state index in [1.165, 1.54) is 77.0 Å². The monoisotopic (exact) mass is 538 g/mol. The van der Waals surface area contributed by atoms with E-state index in [0.29, 0.717) is 29.0 Å². The van der Waals surface area contributed by atoms with Crippen LogP contribution in [-0.4, -0.2) is 28.2 Å². The molecule has 0 unspecified atom stereocenters. The highest BCUT2D eigenvalue weighted by Gasteiger charge is 2.13. The van der Waals surface area contributed by atoms with Gasteiger partial charge < -0.3 is 14.3 Å². The van der Waals surface area contributed by atoms with Gasteiger partial charge >= 0.3 is 5.63 Å². The molecule has 0 aromatic carbocycles. The number of hydrogen-bond donors (Lipinski definition) is 1. The highest BCUT2D eigenvalue weighted by atomic mass is 16.5. The summed E-state index contributed by atoms with van der Waals surface area (Å²) in [6.45, 7) is 7.46. The first kappa shape index (κ1) is 32.0. The summed E-state index contributed by atoms with van der Waals surface area (Å²) in [4.78, 5) is 29.2. The quantitative estimate of drug-likeness (QED) is 0.136. The Bertz CT molecular complexity index is 1140. The second-order valence-corrected chi connectivity index (χ2v) is 10.9. The standard InChI is InChI=1S/C31H44N2O3.CH2O2/c1-4-31(2,3)18-14-12-10-8-6-5-7-9-11-13-15-20-35-29-22-28-26(24-33-29)21-27(30(34)36-28)25-17-16-19-32-23-25;2-1-3/h16-17,19,21-24H,4-15,18,20H2,1-3H3;1H,(H,2,3). The Labute approximate surface area is 233 Å². The van der Waals surface area contributed by atoms with Gasteiger partial charge in [-0.2, -0.15) is 0 Å². The third kappa shape index (κ3) is 12.5. The van der Waals surface area contributed by atoms with Crippen LogP contribution in [0.3, 0.4) is 0 Å². The number of ether oxygens (including phenoxy) is 1. The minimum atomic E-state index is -0.385. The number of pyridine rings is 2. The summed E-state index contributed by atoms with van der Waals surface area (Å²) < 4.78 is 11.3. The van der Waals surface area contributed by atoms with Gasteiger partial charge in [0.15, 0.2) is 0 Å². The zero-order valence-electron chi connectivity index (χ0n) is 24.0. The average Bonchev–Trinajstić information content (AvgIpc) is 2.93. The smallest absolute Gasteiger partial charge is 0.344 e. The van der Waals surface area contributed by atoms with Crippen molar-refractivity contribution >= 4 is 17.4 Å². The molecule has 3 rings (SSSR count). The Balaban J connectivity index is 0.00000170. The van der Waals surface area contributed by atoms with E-state index in [2.05, 4.69) is 30.7 Å². The maximum absolute atomic E-state index is 12.4. The minimum Gasteiger partial charge on any atom is -0.483 e. The number of rotatable bonds is 17. The predicted molar refractivity (Wildman–Crippen MR) is 157 cm³/mol. The molecule has 1 N–H and O–H groups in total. The molecule has 0 saturated heterocycles. The van der Waals surface area contributed by atoms with Crippen molar-refractivity contribution in [2.24, 2.45) is 5.41 Å². The lowest BCUT2D eigenvalue weighted by Gasteiger charge is -2.22. The summed E-state index contributed by atoms with van der Waals surface area (Å²) in [5.74, 6) is 0.498. The molecule has 3 aromatic heterocycles. The number of hydrogen-bond acceptors (Lipinski definition) is 6. The number of carbonyl (C=O) groups is 1. The van der Waals surface area contributed by atoms with Crippen LogP contribution in [0.25, 0.3) is 22.1 Å². The number of unbranched alkanes of at least 4 members (excludes halogenated alkanes) is 10. The highest BCUT2D eigenvalue weighted by Crippen LogP contribution is 2.27. The molecule has 3 aromatic rings. The molecule has 39 heavy (non-hydrogen) atoms. The lowest BCUT2D eigenvalue weighted by Crippen LogP contribution is -2.08. The SMILES string of the molecule is CCC(C)(C)CCCCCCCCCCCCCOc1cc2oc(=O)c(-c3cccnc3)cc2cn1.O=CO. The van der Waals surface area contributed by atoms with Crippen molar-refractivity contribution in [1.29, 1.82) is 0 Å². The molecule has 0 saturated carbocycles. The van der Waals surface area contributed by atoms with Gasteiger partial charge in [0.2, 0.25) is 5.88 Å².